The number of benzene rings is 1. The Hall–Kier alpha value is -2.87. The van der Waals surface area contributed by atoms with Crippen molar-refractivity contribution in [3.8, 4) is 6.07 Å². The molecule has 3 unspecified atom stereocenters. The maximum Gasteiger partial charge on any atom is 0.255 e. The molecule has 1 aliphatic rings. The van der Waals surface area contributed by atoms with E-state index in [1.54, 1.807) is 11.0 Å². The second kappa shape index (κ2) is 13.1. The summed E-state index contributed by atoms with van der Waals surface area (Å²) in [6.45, 7) is 5.58. The summed E-state index contributed by atoms with van der Waals surface area (Å²) in [6.07, 6.45) is -2.09. The minimum atomic E-state index is -2.69. The van der Waals surface area contributed by atoms with E-state index in [2.05, 4.69) is 16.0 Å². The van der Waals surface area contributed by atoms with Crippen molar-refractivity contribution in [2.45, 2.75) is 50.7 Å². The predicted octanol–water partition coefficient (Wildman–Crippen LogP) is 3.28. The molecule has 3 N–H and O–H groups in total. The van der Waals surface area contributed by atoms with Crippen molar-refractivity contribution in [3.05, 3.63) is 24.3 Å². The van der Waals surface area contributed by atoms with Gasteiger partial charge in [-0.05, 0) is 31.5 Å². The van der Waals surface area contributed by atoms with Gasteiger partial charge in [-0.1, -0.05) is 19.9 Å². The Morgan fingerprint density at radius 3 is 2.56 bits per heavy atom. The first-order valence-corrected chi connectivity index (χ1v) is 12.2. The first kappa shape index (κ1) is 27.4. The lowest BCUT2D eigenvalue weighted by molar-refractivity contribution is -0.131. The second-order valence-electron chi connectivity index (χ2n) is 8.20. The number of nitriles is 1. The Balaban J connectivity index is 1.91. The van der Waals surface area contributed by atoms with Gasteiger partial charge in [0.2, 0.25) is 17.7 Å². The molecule has 1 heterocycles. The normalized spacial score (nSPS) is 18.6. The van der Waals surface area contributed by atoms with E-state index in [1.807, 2.05) is 45.0 Å². The van der Waals surface area contributed by atoms with Crippen LogP contribution in [0, 0.1) is 23.2 Å². The van der Waals surface area contributed by atoms with Crippen LogP contribution in [0.2, 0.25) is 0 Å². The van der Waals surface area contributed by atoms with E-state index in [0.29, 0.717) is 25.2 Å². The predicted molar refractivity (Wildman–Crippen MR) is 128 cm³/mol. The van der Waals surface area contributed by atoms with Gasteiger partial charge in [0.15, 0.2) is 0 Å². The van der Waals surface area contributed by atoms with E-state index in [9.17, 15) is 28.4 Å². The zero-order chi connectivity index (χ0) is 25.3. The standard InChI is InChI=1S/C23H31F2N5O3S/c1-4-30-20(10-15(12-26)22(32)28-13-19(24)25)34-18(23(30)33)8-9-27-16-6-5-7-17(11-16)29-21(31)14(2)3/h5-7,11,14-15,18-20,27H,4,8-10,13H2,1-3H3,(H,28,32)(H,29,31). The molecule has 0 spiro atoms. The number of nitrogens with zero attached hydrogens (tertiary/aromatic N) is 2. The largest absolute Gasteiger partial charge is 0.385 e. The van der Waals surface area contributed by atoms with E-state index in [-0.39, 0.29) is 34.8 Å². The average Bonchev–Trinajstić information content (AvgIpc) is 3.09. The summed E-state index contributed by atoms with van der Waals surface area (Å²) in [7, 11) is 0. The minimum Gasteiger partial charge on any atom is -0.385 e. The van der Waals surface area contributed by atoms with Gasteiger partial charge in [0.1, 0.15) is 5.92 Å². The highest BCUT2D eigenvalue weighted by Gasteiger charge is 2.40. The molecule has 0 bridgehead atoms. The van der Waals surface area contributed by atoms with Crippen LogP contribution in [0.4, 0.5) is 20.2 Å². The lowest BCUT2D eigenvalue weighted by Crippen LogP contribution is -2.39. The molecule has 3 atom stereocenters. The molecule has 186 valence electrons. The van der Waals surface area contributed by atoms with Gasteiger partial charge in [-0.15, -0.1) is 11.8 Å². The fourth-order valence-corrected chi connectivity index (χ4v) is 5.03. The van der Waals surface area contributed by atoms with Crippen molar-refractivity contribution in [1.82, 2.24) is 10.2 Å². The number of thioether (sulfide) groups is 1. The minimum absolute atomic E-state index is 0.0677. The van der Waals surface area contributed by atoms with Gasteiger partial charge in [0.05, 0.1) is 23.2 Å². The van der Waals surface area contributed by atoms with E-state index in [1.165, 1.54) is 11.8 Å². The summed E-state index contributed by atoms with van der Waals surface area (Å²) in [5.41, 5.74) is 1.49. The first-order chi connectivity index (χ1) is 16.2. The highest BCUT2D eigenvalue weighted by molar-refractivity contribution is 8.01. The third-order valence-corrected chi connectivity index (χ3v) is 6.83. The van der Waals surface area contributed by atoms with Gasteiger partial charge in [-0.25, -0.2) is 8.78 Å². The number of nitrogens with one attached hydrogen (secondary N) is 3. The monoisotopic (exact) mass is 495 g/mol. The zero-order valence-corrected chi connectivity index (χ0v) is 20.3. The summed E-state index contributed by atoms with van der Waals surface area (Å²) >= 11 is 1.39. The molecule has 2 rings (SSSR count). The quantitative estimate of drug-likeness (QED) is 0.410. The van der Waals surface area contributed by atoms with Crippen LogP contribution in [-0.4, -0.2) is 59.3 Å². The smallest absolute Gasteiger partial charge is 0.255 e. The molecule has 1 aliphatic heterocycles. The summed E-state index contributed by atoms with van der Waals surface area (Å²) in [5.74, 6) is -2.14. The highest BCUT2D eigenvalue weighted by Crippen LogP contribution is 2.37. The third kappa shape index (κ3) is 7.87. The van der Waals surface area contributed by atoms with Crippen molar-refractivity contribution < 1.29 is 23.2 Å². The topological polar surface area (TPSA) is 114 Å². The lowest BCUT2D eigenvalue weighted by atomic mass is 10.1. The molecule has 0 aliphatic carbocycles. The van der Waals surface area contributed by atoms with Crippen LogP contribution in [-0.2, 0) is 14.4 Å². The number of hydrogen-bond donors (Lipinski definition) is 3. The Labute approximate surface area is 202 Å². The van der Waals surface area contributed by atoms with E-state index >= 15 is 0 Å². The summed E-state index contributed by atoms with van der Waals surface area (Å²) in [6, 6.07) is 9.18. The molecule has 1 saturated heterocycles. The van der Waals surface area contributed by atoms with Crippen molar-refractivity contribution in [1.29, 1.82) is 5.26 Å². The molecule has 11 heteroatoms. The van der Waals surface area contributed by atoms with Gasteiger partial charge < -0.3 is 20.9 Å². The van der Waals surface area contributed by atoms with Crippen LogP contribution in [0.25, 0.3) is 0 Å². The molecule has 1 aromatic carbocycles. The molecule has 3 amide bonds. The average molecular weight is 496 g/mol. The first-order valence-electron chi connectivity index (χ1n) is 11.2. The van der Waals surface area contributed by atoms with E-state index in [0.717, 1.165) is 5.69 Å². The Morgan fingerprint density at radius 1 is 1.24 bits per heavy atom. The van der Waals surface area contributed by atoms with Gasteiger partial charge in [-0.3, -0.25) is 14.4 Å². The number of halogens is 2. The molecule has 8 nitrogen and oxygen atoms in total. The SMILES string of the molecule is CCN1C(=O)C(CCNc2cccc(NC(=O)C(C)C)c2)SC1CC(C#N)C(=O)NCC(F)F. The fourth-order valence-electron chi connectivity index (χ4n) is 3.44. The van der Waals surface area contributed by atoms with Gasteiger partial charge in [0.25, 0.3) is 6.43 Å². The molecule has 1 aromatic rings. The summed E-state index contributed by atoms with van der Waals surface area (Å²) in [4.78, 5) is 38.4. The molecular weight excluding hydrogens is 464 g/mol. The number of amides is 3. The van der Waals surface area contributed by atoms with Gasteiger partial charge in [0, 0.05) is 36.8 Å². The van der Waals surface area contributed by atoms with Crippen LogP contribution in [0.1, 0.15) is 33.6 Å². The number of carbonyl (C=O) groups is 3. The molecule has 34 heavy (non-hydrogen) atoms. The molecular formula is C23H31F2N5O3S. The van der Waals surface area contributed by atoms with E-state index in [4.69, 9.17) is 0 Å². The Morgan fingerprint density at radius 2 is 1.94 bits per heavy atom. The number of carbonyl (C=O) groups excluding carboxylic acids is 3. The van der Waals surface area contributed by atoms with Crippen LogP contribution >= 0.6 is 11.8 Å². The van der Waals surface area contributed by atoms with Crippen molar-refractivity contribution in [2.75, 3.05) is 30.3 Å². The van der Waals surface area contributed by atoms with Crippen LogP contribution in [0.5, 0.6) is 0 Å². The summed E-state index contributed by atoms with van der Waals surface area (Å²) in [5, 5.41) is 16.8. The second-order valence-corrected chi connectivity index (χ2v) is 9.58. The fraction of sp³-hybridized carbons (Fsp3) is 0.565. The van der Waals surface area contributed by atoms with Gasteiger partial charge in [-0.2, -0.15) is 5.26 Å². The third-order valence-electron chi connectivity index (χ3n) is 5.30. The number of hydrogen-bond acceptors (Lipinski definition) is 6. The number of alkyl halides is 2. The van der Waals surface area contributed by atoms with Crippen molar-refractivity contribution in [2.24, 2.45) is 11.8 Å². The molecule has 0 saturated carbocycles. The van der Waals surface area contributed by atoms with Crippen LogP contribution in [0.3, 0.4) is 0 Å². The van der Waals surface area contributed by atoms with Gasteiger partial charge >= 0.3 is 0 Å². The maximum absolute atomic E-state index is 12.8. The molecule has 0 radical (unpaired) electrons. The molecule has 0 aromatic heterocycles. The number of anilines is 2. The number of rotatable bonds is 12. The maximum atomic E-state index is 12.8. The lowest BCUT2D eigenvalue weighted by Gasteiger charge is -2.23. The van der Waals surface area contributed by atoms with Crippen molar-refractivity contribution >= 4 is 40.9 Å². The highest BCUT2D eigenvalue weighted by atomic mass is 32.2. The van der Waals surface area contributed by atoms with Crippen molar-refractivity contribution in [3.63, 3.8) is 0 Å². The summed E-state index contributed by atoms with van der Waals surface area (Å²) < 4.78 is 24.7. The Bertz CT molecular complexity index is 909. The van der Waals surface area contributed by atoms with Crippen LogP contribution < -0.4 is 16.0 Å². The zero-order valence-electron chi connectivity index (χ0n) is 19.5. The van der Waals surface area contributed by atoms with Crippen LogP contribution in [0.15, 0.2) is 24.3 Å². The Kier molecular flexibility index (Phi) is 10.6. The molecule has 1 fully saturated rings. The van der Waals surface area contributed by atoms with E-state index < -0.39 is 24.8 Å².